The fraction of sp³-hybridized carbons (Fsp3) is 0.644. The number of rotatable bonds is 29. The number of anilines is 1. The molecule has 1 aromatic carbocycles. The summed E-state index contributed by atoms with van der Waals surface area (Å²) >= 11 is 0. The molecular formula is C45H66FN6O9P. The van der Waals surface area contributed by atoms with Crippen molar-refractivity contribution < 1.29 is 46.6 Å². The molecule has 0 spiro atoms. The molecule has 0 saturated carbocycles. The van der Waals surface area contributed by atoms with Crippen LogP contribution < -0.4 is 5.73 Å². The lowest BCUT2D eigenvalue weighted by Crippen LogP contribution is -2.43. The van der Waals surface area contributed by atoms with Crippen LogP contribution in [0.15, 0.2) is 53.8 Å². The van der Waals surface area contributed by atoms with Gasteiger partial charge in [-0.3, -0.25) is 14.0 Å². The summed E-state index contributed by atoms with van der Waals surface area (Å²) < 4.78 is 71.3. The van der Waals surface area contributed by atoms with Gasteiger partial charge in [0.25, 0.3) is 0 Å². The Morgan fingerprint density at radius 3 is 2.42 bits per heavy atom. The Labute approximate surface area is 365 Å². The molecule has 342 valence electrons. The SMILES string of the molecule is CCCCCCCC/C=C\CCCCCCCCOC[C@H](COP(=O)(O)OC[C@H]1O[C@@](C=NC)(c2ccc3c(N)ncnn23)[C@@H]2OC(C)(C)O[C@@H]21)OCc1cc(F)cc(C#N)c1. The lowest BCUT2D eigenvalue weighted by atomic mass is 9.92. The number of aromatic nitrogens is 3. The van der Waals surface area contributed by atoms with E-state index in [2.05, 4.69) is 34.2 Å². The first-order valence-electron chi connectivity index (χ1n) is 22.1. The van der Waals surface area contributed by atoms with E-state index < -0.39 is 56.1 Å². The van der Waals surface area contributed by atoms with Crippen molar-refractivity contribution in [3.8, 4) is 6.07 Å². The van der Waals surface area contributed by atoms with Crippen molar-refractivity contribution in [3.05, 3.63) is 71.4 Å². The third-order valence-electron chi connectivity index (χ3n) is 11.0. The number of allylic oxidation sites excluding steroid dienone is 2. The molecular weight excluding hydrogens is 818 g/mol. The van der Waals surface area contributed by atoms with E-state index in [4.69, 9.17) is 38.5 Å². The van der Waals surface area contributed by atoms with Crippen molar-refractivity contribution in [3.63, 3.8) is 0 Å². The third kappa shape index (κ3) is 14.5. The molecule has 3 N–H and O–H groups in total. The number of nitrogens with zero attached hydrogens (tertiary/aromatic N) is 5. The lowest BCUT2D eigenvalue weighted by molar-refractivity contribution is -0.201. The highest BCUT2D eigenvalue weighted by Crippen LogP contribution is 2.51. The standard InChI is InChI=1S/C45H66FN6O9P/c1-5-6-7-8-9-10-11-12-13-14-15-16-17-18-19-20-23-55-29-37(56-28-35-24-34(27-47)25-36(46)26-35)30-57-62(53,54)58-31-39-41-42(61-44(2,3)60-41)45(59-39,32-49-4)40-22-21-38-43(48)50-33-51-52(38)40/h12-13,21-22,24-26,32-33,37,39,41-42H,5-11,14-20,23,28-31H2,1-4H3,(H,53,54)(H2,48,50,51)/b13-12-,49-32?/t37-,39-,41-,42-,45+/m1/s1. The highest BCUT2D eigenvalue weighted by atomic mass is 31.2. The maximum atomic E-state index is 14.2. The first kappa shape index (κ1) is 49.4. The molecule has 17 heteroatoms. The summed E-state index contributed by atoms with van der Waals surface area (Å²) in [4.78, 5) is 19.3. The Morgan fingerprint density at radius 2 is 1.71 bits per heavy atom. The molecule has 62 heavy (non-hydrogen) atoms. The first-order chi connectivity index (χ1) is 29.9. The van der Waals surface area contributed by atoms with E-state index in [9.17, 15) is 19.1 Å². The second kappa shape index (κ2) is 24.4. The van der Waals surface area contributed by atoms with E-state index in [0.29, 0.717) is 23.4 Å². The molecule has 0 aliphatic carbocycles. The van der Waals surface area contributed by atoms with Crippen LogP contribution in [0.25, 0.3) is 5.52 Å². The molecule has 5 rings (SSSR count). The van der Waals surface area contributed by atoms with Gasteiger partial charge in [-0.1, -0.05) is 76.9 Å². The fourth-order valence-electron chi connectivity index (χ4n) is 7.93. The van der Waals surface area contributed by atoms with Crippen molar-refractivity contribution in [2.45, 2.75) is 153 Å². The molecule has 15 nitrogen and oxygen atoms in total. The van der Waals surface area contributed by atoms with Crippen LogP contribution in [-0.2, 0) is 49.5 Å². The zero-order chi connectivity index (χ0) is 44.4. The van der Waals surface area contributed by atoms with Gasteiger partial charge in [0.05, 0.1) is 43.8 Å². The minimum Gasteiger partial charge on any atom is -0.382 e. The molecule has 6 atom stereocenters. The summed E-state index contributed by atoms with van der Waals surface area (Å²) in [6, 6.07) is 9.38. The van der Waals surface area contributed by atoms with E-state index in [-0.39, 0.29) is 31.2 Å². The minimum atomic E-state index is -4.72. The van der Waals surface area contributed by atoms with Crippen LogP contribution >= 0.6 is 7.82 Å². The van der Waals surface area contributed by atoms with Gasteiger partial charge in [0.2, 0.25) is 0 Å². The molecule has 1 unspecified atom stereocenters. The van der Waals surface area contributed by atoms with Crippen LogP contribution in [0.2, 0.25) is 0 Å². The maximum Gasteiger partial charge on any atom is 0.472 e. The van der Waals surface area contributed by atoms with Crippen LogP contribution in [0.3, 0.4) is 0 Å². The molecule has 0 radical (unpaired) electrons. The summed E-state index contributed by atoms with van der Waals surface area (Å²) in [5.74, 6) is -1.34. The highest BCUT2D eigenvalue weighted by Gasteiger charge is 2.64. The maximum absolute atomic E-state index is 14.2. The number of fused-ring (bicyclic) bond motifs is 2. The van der Waals surface area contributed by atoms with Crippen molar-refractivity contribution in [2.24, 2.45) is 4.99 Å². The van der Waals surface area contributed by atoms with Gasteiger partial charge in [-0.05, 0) is 81.8 Å². The molecule has 2 aromatic heterocycles. The van der Waals surface area contributed by atoms with E-state index in [0.717, 1.165) is 31.7 Å². The Hall–Kier alpha value is -3.62. The molecule has 2 aliphatic rings. The predicted molar refractivity (Wildman–Crippen MR) is 234 cm³/mol. The van der Waals surface area contributed by atoms with Crippen molar-refractivity contribution in [1.82, 2.24) is 14.6 Å². The number of halogens is 1. The van der Waals surface area contributed by atoms with Gasteiger partial charge in [0.1, 0.15) is 42.1 Å². The van der Waals surface area contributed by atoms with Crippen LogP contribution in [0.1, 0.15) is 127 Å². The van der Waals surface area contributed by atoms with Crippen molar-refractivity contribution in [2.75, 3.05) is 39.2 Å². The second-order valence-electron chi connectivity index (χ2n) is 16.5. The van der Waals surface area contributed by atoms with Crippen LogP contribution in [0.4, 0.5) is 10.2 Å². The number of nitriles is 1. The van der Waals surface area contributed by atoms with Crippen LogP contribution in [0.5, 0.6) is 0 Å². The van der Waals surface area contributed by atoms with E-state index >= 15 is 0 Å². The smallest absolute Gasteiger partial charge is 0.382 e. The number of hydrogen-bond donors (Lipinski definition) is 2. The quantitative estimate of drug-likeness (QED) is 0.0291. The Kier molecular flexibility index (Phi) is 19.5. The zero-order valence-electron chi connectivity index (χ0n) is 36.8. The second-order valence-corrected chi connectivity index (χ2v) is 17.9. The monoisotopic (exact) mass is 884 g/mol. The summed E-state index contributed by atoms with van der Waals surface area (Å²) in [6.45, 7) is 5.40. The third-order valence-corrected chi connectivity index (χ3v) is 11.9. The minimum absolute atomic E-state index is 0.0411. The van der Waals surface area contributed by atoms with Crippen LogP contribution in [0, 0.1) is 17.1 Å². The molecule has 4 heterocycles. The summed E-state index contributed by atoms with van der Waals surface area (Å²) in [7, 11) is -3.12. The Morgan fingerprint density at radius 1 is 1.00 bits per heavy atom. The van der Waals surface area contributed by atoms with Gasteiger partial charge < -0.3 is 34.3 Å². The van der Waals surface area contributed by atoms with Crippen molar-refractivity contribution >= 4 is 25.4 Å². The van der Waals surface area contributed by atoms with Gasteiger partial charge >= 0.3 is 7.82 Å². The van der Waals surface area contributed by atoms with Gasteiger partial charge in [-0.25, -0.2) is 18.5 Å². The summed E-state index contributed by atoms with van der Waals surface area (Å²) in [6.07, 6.45) is 21.1. The topological polar surface area (TPSA) is 194 Å². The number of nitrogens with two attached hydrogens (primary N) is 1. The van der Waals surface area contributed by atoms with Gasteiger partial charge in [-0.15, -0.1) is 0 Å². The predicted octanol–water partition coefficient (Wildman–Crippen LogP) is 8.91. The number of aliphatic imine (C=N–C) groups is 1. The Balaban J connectivity index is 1.10. The number of benzene rings is 1. The van der Waals surface area contributed by atoms with E-state index in [1.807, 2.05) is 6.07 Å². The first-order valence-corrected chi connectivity index (χ1v) is 23.6. The number of unbranched alkanes of at least 4 members (excludes halogenated alkanes) is 12. The zero-order valence-corrected chi connectivity index (χ0v) is 37.7. The van der Waals surface area contributed by atoms with Gasteiger partial charge in [0.15, 0.2) is 17.2 Å². The Bertz CT molecular complexity index is 1990. The average Bonchev–Trinajstić information content (AvgIpc) is 3.91. The van der Waals surface area contributed by atoms with E-state index in [1.54, 1.807) is 43.8 Å². The van der Waals surface area contributed by atoms with E-state index in [1.165, 1.54) is 82.7 Å². The number of phosphoric ester groups is 1. The number of hydrogen-bond acceptors (Lipinski definition) is 13. The fourth-order valence-corrected chi connectivity index (χ4v) is 8.69. The van der Waals surface area contributed by atoms with Gasteiger partial charge in [-0.2, -0.15) is 10.4 Å². The van der Waals surface area contributed by atoms with Crippen LogP contribution in [-0.4, -0.2) is 89.4 Å². The number of ether oxygens (including phenoxy) is 5. The molecule has 2 fully saturated rings. The number of phosphoric acid groups is 1. The molecule has 2 saturated heterocycles. The summed E-state index contributed by atoms with van der Waals surface area (Å²) in [5.41, 5.74) is 6.42. The molecule has 0 amide bonds. The summed E-state index contributed by atoms with van der Waals surface area (Å²) in [5, 5.41) is 13.7. The van der Waals surface area contributed by atoms with Gasteiger partial charge in [0, 0.05) is 19.9 Å². The van der Waals surface area contributed by atoms with Crippen molar-refractivity contribution in [1.29, 1.82) is 5.26 Å². The molecule has 2 aliphatic heterocycles. The largest absolute Gasteiger partial charge is 0.472 e. The highest BCUT2D eigenvalue weighted by molar-refractivity contribution is 7.47. The molecule has 0 bridgehead atoms. The lowest BCUT2D eigenvalue weighted by Gasteiger charge is -2.31. The molecule has 3 aromatic rings. The average molecular weight is 885 g/mol. The number of nitrogen functional groups attached to an aromatic ring is 1. The normalized spacial score (nSPS) is 22.4.